The fourth-order valence-corrected chi connectivity index (χ4v) is 2.96. The molecular formula is C14H26N2O2. The van der Waals surface area contributed by atoms with Crippen molar-refractivity contribution in [2.75, 3.05) is 26.3 Å². The number of ether oxygens (including phenoxy) is 1. The second-order valence-electron chi connectivity index (χ2n) is 5.90. The summed E-state index contributed by atoms with van der Waals surface area (Å²) in [5.41, 5.74) is 0. The fourth-order valence-electron chi connectivity index (χ4n) is 2.96. The Hall–Kier alpha value is -0.770. The lowest BCUT2D eigenvalue weighted by Gasteiger charge is -2.34. The fraction of sp³-hybridized carbons (Fsp3) is 0.929. The van der Waals surface area contributed by atoms with Crippen LogP contribution in [0.2, 0.25) is 0 Å². The molecule has 1 aliphatic carbocycles. The van der Waals surface area contributed by atoms with Crippen LogP contribution in [0.15, 0.2) is 0 Å². The smallest absolute Gasteiger partial charge is 0.317 e. The molecule has 18 heavy (non-hydrogen) atoms. The quantitative estimate of drug-likeness (QED) is 0.821. The predicted octanol–water partition coefficient (Wildman–Crippen LogP) is 2.24. The molecule has 0 spiro atoms. The number of morpholine rings is 1. The minimum atomic E-state index is 0.103. The average Bonchev–Trinajstić information content (AvgIpc) is 2.40. The van der Waals surface area contributed by atoms with Gasteiger partial charge in [0.1, 0.15) is 0 Å². The molecule has 1 saturated heterocycles. The van der Waals surface area contributed by atoms with Gasteiger partial charge in [0.2, 0.25) is 0 Å². The van der Waals surface area contributed by atoms with Gasteiger partial charge >= 0.3 is 6.03 Å². The Morgan fingerprint density at radius 2 is 1.78 bits per heavy atom. The number of hydrogen-bond acceptors (Lipinski definition) is 2. The highest BCUT2D eigenvalue weighted by molar-refractivity contribution is 5.74. The summed E-state index contributed by atoms with van der Waals surface area (Å²) in [7, 11) is 0. The van der Waals surface area contributed by atoms with Crippen LogP contribution in [0.1, 0.15) is 39.5 Å². The first kappa shape index (κ1) is 13.7. The number of nitrogens with one attached hydrogen (secondary N) is 1. The minimum Gasteiger partial charge on any atom is -0.378 e. The molecule has 2 aliphatic rings. The lowest BCUT2D eigenvalue weighted by molar-refractivity contribution is 0.0518. The Balaban J connectivity index is 1.72. The van der Waals surface area contributed by atoms with Crippen molar-refractivity contribution in [2.24, 2.45) is 11.8 Å². The molecule has 0 unspecified atom stereocenters. The molecule has 0 aromatic heterocycles. The van der Waals surface area contributed by atoms with Gasteiger partial charge in [-0.25, -0.2) is 4.79 Å². The molecule has 1 N–H and O–H groups in total. The molecule has 4 heteroatoms. The monoisotopic (exact) mass is 254 g/mol. The topological polar surface area (TPSA) is 41.6 Å². The van der Waals surface area contributed by atoms with E-state index in [1.165, 1.54) is 12.8 Å². The molecule has 104 valence electrons. The Bertz CT molecular complexity index is 267. The standard InChI is InChI=1S/C14H26N2O2/c1-11(2)12-3-5-13(6-4-12)15-14(17)16-7-9-18-10-8-16/h11-13H,3-10H2,1-2H3,(H,15,17). The number of hydrogen-bond donors (Lipinski definition) is 1. The maximum Gasteiger partial charge on any atom is 0.317 e. The molecule has 1 saturated carbocycles. The van der Waals surface area contributed by atoms with Gasteiger partial charge in [0, 0.05) is 19.1 Å². The van der Waals surface area contributed by atoms with Crippen LogP contribution in [0.3, 0.4) is 0 Å². The highest BCUT2D eigenvalue weighted by Gasteiger charge is 2.26. The van der Waals surface area contributed by atoms with Gasteiger partial charge in [-0.15, -0.1) is 0 Å². The molecule has 0 aromatic carbocycles. The lowest BCUT2D eigenvalue weighted by atomic mass is 9.80. The third kappa shape index (κ3) is 3.61. The summed E-state index contributed by atoms with van der Waals surface area (Å²) < 4.78 is 5.26. The van der Waals surface area contributed by atoms with Crippen LogP contribution in [0, 0.1) is 11.8 Å². The molecule has 1 heterocycles. The first-order valence-corrected chi connectivity index (χ1v) is 7.30. The second kappa shape index (κ2) is 6.41. The molecule has 0 bridgehead atoms. The van der Waals surface area contributed by atoms with E-state index in [4.69, 9.17) is 4.74 Å². The Labute approximate surface area is 110 Å². The third-order valence-electron chi connectivity index (χ3n) is 4.34. The van der Waals surface area contributed by atoms with Crippen LogP contribution in [-0.4, -0.2) is 43.3 Å². The van der Waals surface area contributed by atoms with E-state index in [9.17, 15) is 4.79 Å². The van der Waals surface area contributed by atoms with E-state index in [1.54, 1.807) is 0 Å². The summed E-state index contributed by atoms with van der Waals surface area (Å²) in [6.07, 6.45) is 4.79. The van der Waals surface area contributed by atoms with E-state index in [-0.39, 0.29) is 6.03 Å². The highest BCUT2D eigenvalue weighted by Crippen LogP contribution is 2.29. The van der Waals surface area contributed by atoms with Crippen molar-refractivity contribution in [2.45, 2.75) is 45.6 Å². The largest absolute Gasteiger partial charge is 0.378 e. The summed E-state index contributed by atoms with van der Waals surface area (Å²) in [6, 6.07) is 0.488. The van der Waals surface area contributed by atoms with Crippen LogP contribution in [0.4, 0.5) is 4.79 Å². The van der Waals surface area contributed by atoms with E-state index in [2.05, 4.69) is 19.2 Å². The van der Waals surface area contributed by atoms with Crippen molar-refractivity contribution < 1.29 is 9.53 Å². The minimum absolute atomic E-state index is 0.103. The van der Waals surface area contributed by atoms with E-state index in [1.807, 2.05) is 4.90 Å². The summed E-state index contributed by atoms with van der Waals surface area (Å²) in [6.45, 7) is 7.41. The second-order valence-corrected chi connectivity index (χ2v) is 5.90. The number of carbonyl (C=O) groups excluding carboxylic acids is 1. The first-order chi connectivity index (χ1) is 8.66. The zero-order valence-corrected chi connectivity index (χ0v) is 11.7. The van der Waals surface area contributed by atoms with Crippen LogP contribution < -0.4 is 5.32 Å². The van der Waals surface area contributed by atoms with Crippen molar-refractivity contribution >= 4 is 6.03 Å². The first-order valence-electron chi connectivity index (χ1n) is 7.30. The number of nitrogens with zero attached hydrogens (tertiary/aromatic N) is 1. The molecule has 2 fully saturated rings. The van der Waals surface area contributed by atoms with E-state index >= 15 is 0 Å². The van der Waals surface area contributed by atoms with E-state index in [0.29, 0.717) is 19.3 Å². The van der Waals surface area contributed by atoms with Gasteiger partial charge in [0.05, 0.1) is 13.2 Å². The number of carbonyl (C=O) groups is 1. The summed E-state index contributed by atoms with van der Waals surface area (Å²) in [4.78, 5) is 13.9. The van der Waals surface area contributed by atoms with Crippen LogP contribution in [0.25, 0.3) is 0 Å². The van der Waals surface area contributed by atoms with Crippen molar-refractivity contribution in [3.63, 3.8) is 0 Å². The maximum atomic E-state index is 12.0. The van der Waals surface area contributed by atoms with Gasteiger partial charge < -0.3 is 15.0 Å². The molecule has 4 nitrogen and oxygen atoms in total. The SMILES string of the molecule is CC(C)C1CCC(NC(=O)N2CCOCC2)CC1. The van der Waals surface area contributed by atoms with E-state index in [0.717, 1.165) is 37.8 Å². The molecule has 0 radical (unpaired) electrons. The van der Waals surface area contributed by atoms with Crippen molar-refractivity contribution in [1.29, 1.82) is 0 Å². The van der Waals surface area contributed by atoms with Gasteiger partial charge in [0.15, 0.2) is 0 Å². The number of urea groups is 1. The van der Waals surface area contributed by atoms with Crippen molar-refractivity contribution in [1.82, 2.24) is 10.2 Å². The van der Waals surface area contributed by atoms with Gasteiger partial charge in [0.25, 0.3) is 0 Å². The summed E-state index contributed by atoms with van der Waals surface area (Å²) >= 11 is 0. The van der Waals surface area contributed by atoms with Crippen molar-refractivity contribution in [3.05, 3.63) is 0 Å². The predicted molar refractivity (Wildman–Crippen MR) is 71.5 cm³/mol. The molecule has 0 aromatic rings. The highest BCUT2D eigenvalue weighted by atomic mass is 16.5. The van der Waals surface area contributed by atoms with Gasteiger partial charge in [-0.1, -0.05) is 13.8 Å². The number of rotatable bonds is 2. The third-order valence-corrected chi connectivity index (χ3v) is 4.34. The van der Waals surface area contributed by atoms with E-state index < -0.39 is 0 Å². The van der Waals surface area contributed by atoms with Crippen LogP contribution in [0.5, 0.6) is 0 Å². The van der Waals surface area contributed by atoms with Crippen molar-refractivity contribution in [3.8, 4) is 0 Å². The number of amides is 2. The molecular weight excluding hydrogens is 228 g/mol. The van der Waals surface area contributed by atoms with Gasteiger partial charge in [-0.05, 0) is 37.5 Å². The molecule has 0 atom stereocenters. The normalized spacial score (nSPS) is 29.4. The Morgan fingerprint density at radius 3 is 2.33 bits per heavy atom. The molecule has 2 rings (SSSR count). The molecule has 2 amide bonds. The van der Waals surface area contributed by atoms with Gasteiger partial charge in [-0.2, -0.15) is 0 Å². The van der Waals surface area contributed by atoms with Crippen LogP contribution in [-0.2, 0) is 4.74 Å². The zero-order chi connectivity index (χ0) is 13.0. The zero-order valence-electron chi connectivity index (χ0n) is 11.7. The summed E-state index contributed by atoms with van der Waals surface area (Å²) in [5.74, 6) is 1.63. The van der Waals surface area contributed by atoms with Gasteiger partial charge in [-0.3, -0.25) is 0 Å². The van der Waals surface area contributed by atoms with Crippen LogP contribution >= 0.6 is 0 Å². The Morgan fingerprint density at radius 1 is 1.17 bits per heavy atom. The maximum absolute atomic E-state index is 12.0. The lowest BCUT2D eigenvalue weighted by Crippen LogP contribution is -2.50. The molecule has 1 aliphatic heterocycles. The average molecular weight is 254 g/mol. The summed E-state index contributed by atoms with van der Waals surface area (Å²) in [5, 5.41) is 3.18. The Kier molecular flexibility index (Phi) is 4.87.